The van der Waals surface area contributed by atoms with Gasteiger partial charge in [0.15, 0.2) is 0 Å². The van der Waals surface area contributed by atoms with E-state index in [0.717, 1.165) is 37.1 Å². The molecule has 1 aromatic carbocycles. The van der Waals surface area contributed by atoms with E-state index in [1.165, 1.54) is 0 Å². The van der Waals surface area contributed by atoms with Crippen LogP contribution in [0.3, 0.4) is 0 Å². The Morgan fingerprint density at radius 1 is 1.27 bits per heavy atom. The number of nitrogens with zero attached hydrogens (tertiary/aromatic N) is 2. The van der Waals surface area contributed by atoms with Gasteiger partial charge in [-0.3, -0.25) is 9.48 Å². The Balaban J connectivity index is 1.89. The Morgan fingerprint density at radius 2 is 2.09 bits per heavy atom. The molecule has 0 unspecified atom stereocenters. The number of rotatable bonds is 3. The lowest BCUT2D eigenvalue weighted by Crippen LogP contribution is -2.18. The van der Waals surface area contributed by atoms with Crippen molar-refractivity contribution in [3.05, 3.63) is 46.8 Å². The van der Waals surface area contributed by atoms with E-state index in [-0.39, 0.29) is 11.5 Å². The maximum Gasteiger partial charge on any atom is 0.337 e. The predicted octanol–water partition coefficient (Wildman–Crippen LogP) is 2.48. The SMILES string of the molecule is Cc1ccc(NC(=O)c2cnn3c2CCCC3)c(C(=O)O)c1. The molecule has 2 heterocycles. The van der Waals surface area contributed by atoms with Gasteiger partial charge in [0, 0.05) is 6.54 Å². The van der Waals surface area contributed by atoms with Gasteiger partial charge in [0.1, 0.15) is 0 Å². The minimum absolute atomic E-state index is 0.0920. The normalized spacial score (nSPS) is 13.5. The molecule has 22 heavy (non-hydrogen) atoms. The van der Waals surface area contributed by atoms with E-state index in [1.807, 2.05) is 11.6 Å². The summed E-state index contributed by atoms with van der Waals surface area (Å²) in [6, 6.07) is 4.94. The third-order valence-corrected chi connectivity index (χ3v) is 3.88. The second-order valence-corrected chi connectivity index (χ2v) is 5.49. The molecule has 0 saturated carbocycles. The second-order valence-electron chi connectivity index (χ2n) is 5.49. The van der Waals surface area contributed by atoms with Crippen LogP contribution in [0.15, 0.2) is 24.4 Å². The van der Waals surface area contributed by atoms with Crippen LogP contribution in [0.25, 0.3) is 0 Å². The first-order chi connectivity index (χ1) is 10.6. The highest BCUT2D eigenvalue weighted by atomic mass is 16.4. The fraction of sp³-hybridized carbons (Fsp3) is 0.312. The largest absolute Gasteiger partial charge is 0.478 e. The number of aryl methyl sites for hydroxylation is 2. The topological polar surface area (TPSA) is 84.2 Å². The van der Waals surface area contributed by atoms with Gasteiger partial charge in [-0.05, 0) is 38.3 Å². The van der Waals surface area contributed by atoms with Gasteiger partial charge in [-0.25, -0.2) is 4.79 Å². The van der Waals surface area contributed by atoms with Crippen molar-refractivity contribution >= 4 is 17.6 Å². The average Bonchev–Trinajstić information content (AvgIpc) is 2.93. The molecule has 1 aliphatic heterocycles. The fourth-order valence-corrected chi connectivity index (χ4v) is 2.74. The first kappa shape index (κ1) is 14.3. The average molecular weight is 299 g/mol. The number of carboxylic acids is 1. The summed E-state index contributed by atoms with van der Waals surface area (Å²) in [4.78, 5) is 23.8. The molecule has 0 saturated heterocycles. The van der Waals surface area contributed by atoms with Crippen molar-refractivity contribution in [1.29, 1.82) is 0 Å². The summed E-state index contributed by atoms with van der Waals surface area (Å²) in [7, 11) is 0. The van der Waals surface area contributed by atoms with Crippen molar-refractivity contribution in [1.82, 2.24) is 9.78 Å². The minimum atomic E-state index is -1.06. The van der Waals surface area contributed by atoms with Gasteiger partial charge in [0.2, 0.25) is 0 Å². The highest BCUT2D eigenvalue weighted by Gasteiger charge is 2.21. The molecule has 0 bridgehead atoms. The first-order valence-electron chi connectivity index (χ1n) is 7.26. The van der Waals surface area contributed by atoms with Gasteiger partial charge in [-0.1, -0.05) is 11.6 Å². The van der Waals surface area contributed by atoms with Crippen molar-refractivity contribution < 1.29 is 14.7 Å². The zero-order valence-corrected chi connectivity index (χ0v) is 12.3. The summed E-state index contributed by atoms with van der Waals surface area (Å²) in [6.07, 6.45) is 4.49. The van der Waals surface area contributed by atoms with E-state index in [4.69, 9.17) is 0 Å². The Kier molecular flexibility index (Phi) is 3.66. The number of carboxylic acid groups (broad SMARTS) is 1. The van der Waals surface area contributed by atoms with Crippen LogP contribution < -0.4 is 5.32 Å². The van der Waals surface area contributed by atoms with Crippen LogP contribution in [-0.2, 0) is 13.0 Å². The number of carbonyl (C=O) groups is 2. The molecule has 0 fully saturated rings. The van der Waals surface area contributed by atoms with Crippen LogP contribution in [0, 0.1) is 6.92 Å². The van der Waals surface area contributed by atoms with E-state index in [1.54, 1.807) is 24.4 Å². The number of aromatic carboxylic acids is 1. The van der Waals surface area contributed by atoms with Gasteiger partial charge in [0.25, 0.3) is 5.91 Å². The minimum Gasteiger partial charge on any atom is -0.478 e. The molecule has 0 aliphatic carbocycles. The number of carbonyl (C=O) groups excluding carboxylic acids is 1. The molecular weight excluding hydrogens is 282 g/mol. The lowest BCUT2D eigenvalue weighted by Gasteiger charge is -2.15. The standard InChI is InChI=1S/C16H17N3O3/c1-10-5-6-13(11(8-10)16(21)22)18-15(20)12-9-17-19-7-3-2-4-14(12)19/h5-6,8-9H,2-4,7H2,1H3,(H,18,20)(H,21,22). The predicted molar refractivity (Wildman–Crippen MR) is 81.3 cm³/mol. The Morgan fingerprint density at radius 3 is 2.86 bits per heavy atom. The second kappa shape index (κ2) is 5.63. The molecule has 1 aromatic heterocycles. The van der Waals surface area contributed by atoms with Crippen LogP contribution in [-0.4, -0.2) is 26.8 Å². The number of benzene rings is 1. The Hall–Kier alpha value is -2.63. The molecule has 6 heteroatoms. The fourth-order valence-electron chi connectivity index (χ4n) is 2.74. The number of hydrogen-bond donors (Lipinski definition) is 2. The molecular formula is C16H17N3O3. The van der Waals surface area contributed by atoms with Crippen LogP contribution in [0.1, 0.15) is 44.8 Å². The number of amides is 1. The van der Waals surface area contributed by atoms with Crippen LogP contribution in [0.4, 0.5) is 5.69 Å². The monoisotopic (exact) mass is 299 g/mol. The number of fused-ring (bicyclic) bond motifs is 1. The lowest BCUT2D eigenvalue weighted by atomic mass is 10.1. The highest BCUT2D eigenvalue weighted by Crippen LogP contribution is 2.22. The maximum atomic E-state index is 12.4. The molecule has 3 rings (SSSR count). The molecule has 114 valence electrons. The van der Waals surface area contributed by atoms with Crippen molar-refractivity contribution in [2.24, 2.45) is 0 Å². The molecule has 2 aromatic rings. The third kappa shape index (κ3) is 2.59. The number of nitrogens with one attached hydrogen (secondary N) is 1. The molecule has 1 aliphatic rings. The van der Waals surface area contributed by atoms with Crippen molar-refractivity contribution in [3.63, 3.8) is 0 Å². The van der Waals surface area contributed by atoms with Gasteiger partial charge < -0.3 is 10.4 Å². The maximum absolute atomic E-state index is 12.4. The number of hydrogen-bond acceptors (Lipinski definition) is 3. The molecule has 2 N–H and O–H groups in total. The quantitative estimate of drug-likeness (QED) is 0.912. The van der Waals surface area contributed by atoms with Gasteiger partial charge >= 0.3 is 5.97 Å². The molecule has 0 atom stereocenters. The van der Waals surface area contributed by atoms with Crippen molar-refractivity contribution in [2.75, 3.05) is 5.32 Å². The summed E-state index contributed by atoms with van der Waals surface area (Å²) in [5.74, 6) is -1.37. The number of aromatic nitrogens is 2. The van der Waals surface area contributed by atoms with E-state index >= 15 is 0 Å². The van der Waals surface area contributed by atoms with Crippen LogP contribution in [0.2, 0.25) is 0 Å². The lowest BCUT2D eigenvalue weighted by molar-refractivity contribution is 0.0698. The summed E-state index contributed by atoms with van der Waals surface area (Å²) in [5, 5.41) is 16.2. The molecule has 0 spiro atoms. The van der Waals surface area contributed by atoms with E-state index < -0.39 is 5.97 Å². The first-order valence-corrected chi connectivity index (χ1v) is 7.26. The molecule has 0 radical (unpaired) electrons. The number of anilines is 1. The smallest absolute Gasteiger partial charge is 0.337 e. The summed E-state index contributed by atoms with van der Waals surface area (Å²) in [5.41, 5.74) is 2.68. The van der Waals surface area contributed by atoms with E-state index in [9.17, 15) is 14.7 Å². The van der Waals surface area contributed by atoms with Crippen molar-refractivity contribution in [2.45, 2.75) is 32.7 Å². The zero-order valence-electron chi connectivity index (χ0n) is 12.3. The zero-order chi connectivity index (χ0) is 15.7. The third-order valence-electron chi connectivity index (χ3n) is 3.88. The van der Waals surface area contributed by atoms with E-state index in [0.29, 0.717) is 11.3 Å². The van der Waals surface area contributed by atoms with Gasteiger partial charge in [-0.2, -0.15) is 5.10 Å². The molecule has 6 nitrogen and oxygen atoms in total. The van der Waals surface area contributed by atoms with E-state index in [2.05, 4.69) is 10.4 Å². The molecule has 1 amide bonds. The Bertz CT molecular complexity index is 749. The summed E-state index contributed by atoms with van der Waals surface area (Å²) < 4.78 is 1.85. The summed E-state index contributed by atoms with van der Waals surface area (Å²) >= 11 is 0. The van der Waals surface area contributed by atoms with Crippen LogP contribution in [0.5, 0.6) is 0 Å². The highest BCUT2D eigenvalue weighted by molar-refractivity contribution is 6.08. The van der Waals surface area contributed by atoms with Crippen molar-refractivity contribution in [3.8, 4) is 0 Å². The van der Waals surface area contributed by atoms with Gasteiger partial charge in [0.05, 0.1) is 28.7 Å². The summed E-state index contributed by atoms with van der Waals surface area (Å²) in [6.45, 7) is 2.64. The Labute approximate surface area is 127 Å². The van der Waals surface area contributed by atoms with Crippen LogP contribution >= 0.6 is 0 Å². The van der Waals surface area contributed by atoms with Gasteiger partial charge in [-0.15, -0.1) is 0 Å².